The fourth-order valence-corrected chi connectivity index (χ4v) is 9.36. The van der Waals surface area contributed by atoms with E-state index in [1.807, 2.05) is 36.4 Å². The van der Waals surface area contributed by atoms with Crippen molar-refractivity contribution in [3.63, 3.8) is 0 Å². The topological polar surface area (TPSA) is 46.3 Å². The van der Waals surface area contributed by atoms with E-state index in [0.717, 1.165) is 42.9 Å². The van der Waals surface area contributed by atoms with E-state index in [1.54, 1.807) is 11.3 Å². The van der Waals surface area contributed by atoms with Gasteiger partial charge in [-0.15, -0.1) is 22.7 Å². The summed E-state index contributed by atoms with van der Waals surface area (Å²) in [6.45, 7) is 12.6. The molecule has 5 aromatic carbocycles. The molecule has 0 aliphatic carbocycles. The molecule has 49 heavy (non-hydrogen) atoms. The zero-order valence-corrected chi connectivity index (χ0v) is 29.0. The lowest BCUT2D eigenvalue weighted by molar-refractivity contribution is 0.632. The van der Waals surface area contributed by atoms with Gasteiger partial charge in [0.15, 0.2) is 0 Å². The molecule has 4 heterocycles. The molecule has 5 nitrogen and oxygen atoms in total. The van der Waals surface area contributed by atoms with Crippen LogP contribution in [0, 0.1) is 6.57 Å². The number of aromatic nitrogens is 3. The van der Waals surface area contributed by atoms with Gasteiger partial charge in [-0.25, -0.2) is 9.83 Å². The molecule has 8 aromatic rings. The number of hydrogen-bond donors (Lipinski definition) is 0. The second-order valence-electron chi connectivity index (χ2n) is 12.5. The van der Waals surface area contributed by atoms with Crippen LogP contribution in [-0.4, -0.2) is 13.7 Å². The van der Waals surface area contributed by atoms with Crippen molar-refractivity contribution >= 4 is 84.5 Å². The molecule has 0 atom stereocenters. The van der Waals surface area contributed by atoms with Gasteiger partial charge < -0.3 is 4.90 Å². The van der Waals surface area contributed by atoms with Gasteiger partial charge >= 0.3 is 0 Å². The number of hydrogen-bond acceptors (Lipinski definition) is 7. The van der Waals surface area contributed by atoms with E-state index in [-0.39, 0.29) is 5.41 Å². The summed E-state index contributed by atoms with van der Waals surface area (Å²) < 4.78 is 10.5. The Morgan fingerprint density at radius 3 is 2.35 bits per heavy atom. The molecule has 1 aliphatic heterocycles. The monoisotopic (exact) mass is 685 g/mol. The van der Waals surface area contributed by atoms with Crippen molar-refractivity contribution in [3.8, 4) is 20.9 Å². The van der Waals surface area contributed by atoms with Crippen LogP contribution >= 0.6 is 34.4 Å². The maximum Gasteiger partial charge on any atom is 0.222 e. The molecule has 234 valence electrons. The maximum atomic E-state index is 7.92. The predicted molar refractivity (Wildman–Crippen MR) is 207 cm³/mol. The van der Waals surface area contributed by atoms with Gasteiger partial charge in [0.05, 0.1) is 39.9 Å². The van der Waals surface area contributed by atoms with Crippen molar-refractivity contribution in [1.29, 1.82) is 0 Å². The SMILES string of the molecule is [C-]#[N+]/C(=C\c1ccc(-c2ccc(-c3ccc4c(c3)C(C)(C)c3ccccc3N4c3ccccc3)s2)c2nsnc12)c1nc2ccccc2s1. The number of nitrogens with zero attached hydrogens (tertiary/aromatic N) is 5. The fourth-order valence-electron chi connectivity index (χ4n) is 6.82. The number of benzene rings is 5. The first kappa shape index (κ1) is 29.7. The van der Waals surface area contributed by atoms with Crippen molar-refractivity contribution < 1.29 is 0 Å². The molecule has 0 fully saturated rings. The van der Waals surface area contributed by atoms with E-state index >= 15 is 0 Å². The summed E-state index contributed by atoms with van der Waals surface area (Å²) in [7, 11) is 0. The van der Waals surface area contributed by atoms with Crippen molar-refractivity contribution in [2.75, 3.05) is 4.90 Å². The van der Waals surface area contributed by atoms with Gasteiger partial charge in [-0.1, -0.05) is 80.6 Å². The highest BCUT2D eigenvalue weighted by atomic mass is 32.1. The number of anilines is 3. The molecule has 0 N–H and O–H groups in total. The number of fused-ring (bicyclic) bond motifs is 4. The Morgan fingerprint density at radius 1 is 0.735 bits per heavy atom. The van der Waals surface area contributed by atoms with E-state index in [2.05, 4.69) is 119 Å². The van der Waals surface area contributed by atoms with Crippen LogP contribution in [0.5, 0.6) is 0 Å². The van der Waals surface area contributed by atoms with Gasteiger partial charge in [0.2, 0.25) is 5.70 Å². The summed E-state index contributed by atoms with van der Waals surface area (Å²) >= 11 is 4.50. The molecule has 0 radical (unpaired) electrons. The van der Waals surface area contributed by atoms with E-state index in [9.17, 15) is 0 Å². The number of para-hydroxylation sites is 3. The van der Waals surface area contributed by atoms with Crippen molar-refractivity contribution in [3.05, 3.63) is 154 Å². The molecule has 0 bridgehead atoms. The lowest BCUT2D eigenvalue weighted by Gasteiger charge is -2.42. The minimum Gasteiger partial charge on any atom is -0.310 e. The molecule has 0 unspecified atom stereocenters. The molecule has 0 amide bonds. The standard InChI is InChI=1S/C41H27N5S3/c1-41(2)29-13-7-9-15-33(29)46(27-11-5-4-6-12-27)34-20-18-25(23-30(34)41)35-21-22-36(47-35)28-19-17-26(38-39(28)45-49-44-38)24-32(42-3)40-43-31-14-8-10-16-37(31)48-40/h4-24H,1-2H3/b32-24-. The predicted octanol–water partition coefficient (Wildman–Crippen LogP) is 12.2. The van der Waals surface area contributed by atoms with Crippen LogP contribution in [0.4, 0.5) is 17.1 Å². The van der Waals surface area contributed by atoms with E-state index in [1.165, 1.54) is 56.0 Å². The molecular weight excluding hydrogens is 659 g/mol. The lowest BCUT2D eigenvalue weighted by atomic mass is 9.73. The highest BCUT2D eigenvalue weighted by Gasteiger charge is 2.37. The Kier molecular flexibility index (Phi) is 7.02. The van der Waals surface area contributed by atoms with Crippen molar-refractivity contribution in [2.45, 2.75) is 19.3 Å². The summed E-state index contributed by atoms with van der Waals surface area (Å²) in [6.07, 6.45) is 1.89. The fraction of sp³-hybridized carbons (Fsp3) is 0.0732. The van der Waals surface area contributed by atoms with Crippen LogP contribution in [0.15, 0.2) is 121 Å². The smallest absolute Gasteiger partial charge is 0.222 e. The number of thiophene rings is 1. The lowest BCUT2D eigenvalue weighted by Crippen LogP contribution is -2.30. The van der Waals surface area contributed by atoms with Gasteiger partial charge in [-0.05, 0) is 82.9 Å². The van der Waals surface area contributed by atoms with Crippen LogP contribution in [-0.2, 0) is 5.41 Å². The number of thiazole rings is 1. The summed E-state index contributed by atoms with van der Waals surface area (Å²) in [5.74, 6) is 0. The van der Waals surface area contributed by atoms with Gasteiger partial charge in [0, 0.05) is 26.4 Å². The van der Waals surface area contributed by atoms with Crippen LogP contribution in [0.25, 0.3) is 58.7 Å². The third kappa shape index (κ3) is 4.89. The van der Waals surface area contributed by atoms with Gasteiger partial charge in [-0.3, -0.25) is 0 Å². The maximum absolute atomic E-state index is 7.92. The Bertz CT molecular complexity index is 2590. The second-order valence-corrected chi connectivity index (χ2v) is 15.1. The van der Waals surface area contributed by atoms with E-state index < -0.39 is 0 Å². The minimum atomic E-state index is -0.176. The van der Waals surface area contributed by atoms with Gasteiger partial charge in [0.1, 0.15) is 16.0 Å². The van der Waals surface area contributed by atoms with Crippen molar-refractivity contribution in [2.24, 2.45) is 0 Å². The average molecular weight is 686 g/mol. The summed E-state index contributed by atoms with van der Waals surface area (Å²) in [4.78, 5) is 13.3. The first-order valence-electron chi connectivity index (χ1n) is 15.9. The molecule has 8 heteroatoms. The summed E-state index contributed by atoms with van der Waals surface area (Å²) in [5.41, 5.74) is 12.2. The Balaban J connectivity index is 1.09. The summed E-state index contributed by atoms with van der Waals surface area (Å²) in [5, 5.41) is 0.711. The first-order chi connectivity index (χ1) is 24.0. The number of rotatable bonds is 5. The van der Waals surface area contributed by atoms with E-state index in [4.69, 9.17) is 15.9 Å². The minimum absolute atomic E-state index is 0.176. The van der Waals surface area contributed by atoms with Gasteiger partial charge in [-0.2, -0.15) is 8.75 Å². The molecular formula is C41H27N5S3. The molecule has 0 saturated carbocycles. The molecule has 0 saturated heterocycles. The van der Waals surface area contributed by atoms with Crippen LogP contribution in [0.3, 0.4) is 0 Å². The third-order valence-electron chi connectivity index (χ3n) is 9.27. The van der Waals surface area contributed by atoms with E-state index in [0.29, 0.717) is 10.7 Å². The first-order valence-corrected chi connectivity index (χ1v) is 18.3. The zero-order chi connectivity index (χ0) is 33.1. The van der Waals surface area contributed by atoms with Crippen molar-refractivity contribution in [1.82, 2.24) is 13.7 Å². The third-order valence-corrected chi connectivity index (χ3v) is 12.0. The van der Waals surface area contributed by atoms with Crippen LogP contribution < -0.4 is 4.90 Å². The van der Waals surface area contributed by atoms with Gasteiger partial charge in [0.25, 0.3) is 0 Å². The Labute approximate surface area is 296 Å². The quantitative estimate of drug-likeness (QED) is 0.169. The normalized spacial score (nSPS) is 13.7. The second kappa shape index (κ2) is 11.6. The average Bonchev–Trinajstić information content (AvgIpc) is 3.92. The zero-order valence-electron chi connectivity index (χ0n) is 26.6. The highest BCUT2D eigenvalue weighted by molar-refractivity contribution is 7.19. The summed E-state index contributed by atoms with van der Waals surface area (Å²) in [6, 6.07) is 42.8. The Hall–Kier alpha value is -5.46. The molecule has 3 aromatic heterocycles. The molecule has 1 aliphatic rings. The highest BCUT2D eigenvalue weighted by Crippen LogP contribution is 2.53. The molecule has 0 spiro atoms. The largest absolute Gasteiger partial charge is 0.310 e. The van der Waals surface area contributed by atoms with Crippen LogP contribution in [0.1, 0.15) is 35.5 Å². The Morgan fingerprint density at radius 2 is 1.49 bits per heavy atom. The molecule has 9 rings (SSSR count). The van der Waals surface area contributed by atoms with Crippen LogP contribution in [0.2, 0.25) is 0 Å².